The quantitative estimate of drug-likeness (QED) is 0.657. The van der Waals surface area contributed by atoms with Gasteiger partial charge in [0.1, 0.15) is 0 Å². The number of pyridine rings is 1. The fraction of sp³-hybridized carbons (Fsp3) is 0.375. The summed E-state index contributed by atoms with van der Waals surface area (Å²) in [6, 6.07) is 4.52. The van der Waals surface area contributed by atoms with Gasteiger partial charge in [-0.15, -0.1) is 0 Å². The van der Waals surface area contributed by atoms with E-state index in [9.17, 15) is 4.39 Å². The lowest BCUT2D eigenvalue weighted by Gasteiger charge is -2.06. The molecule has 1 heterocycles. The van der Waals surface area contributed by atoms with Gasteiger partial charge in [0.15, 0.2) is 0 Å². The van der Waals surface area contributed by atoms with E-state index in [1.165, 1.54) is 6.07 Å². The van der Waals surface area contributed by atoms with Crippen molar-refractivity contribution in [1.82, 2.24) is 4.98 Å². The van der Waals surface area contributed by atoms with Crippen LogP contribution >= 0.6 is 0 Å². The second-order valence-electron chi connectivity index (χ2n) is 2.40. The molecule has 1 unspecified atom stereocenters. The van der Waals surface area contributed by atoms with Crippen molar-refractivity contribution in [3.8, 4) is 0 Å². The number of hydrogen-bond acceptors (Lipinski definition) is 2. The van der Waals surface area contributed by atoms with Crippen LogP contribution in [0.2, 0.25) is 0 Å². The maximum absolute atomic E-state index is 12.5. The Balaban J connectivity index is 2.86. The minimum absolute atomic E-state index is 0.147. The summed E-state index contributed by atoms with van der Waals surface area (Å²) in [6.45, 7) is 1.94. The van der Waals surface area contributed by atoms with Gasteiger partial charge < -0.3 is 5.73 Å². The monoisotopic (exact) mass is 154 g/mol. The van der Waals surface area contributed by atoms with Crippen molar-refractivity contribution in [2.45, 2.75) is 19.4 Å². The zero-order valence-electron chi connectivity index (χ0n) is 6.42. The molecule has 1 atom stereocenters. The molecule has 0 aliphatic heterocycles. The highest BCUT2D eigenvalue weighted by molar-refractivity contribution is 5.08. The summed E-state index contributed by atoms with van der Waals surface area (Å²) in [5, 5.41) is 0. The van der Waals surface area contributed by atoms with Crippen LogP contribution in [0.15, 0.2) is 18.2 Å². The van der Waals surface area contributed by atoms with Gasteiger partial charge in [-0.25, -0.2) is 4.98 Å². The Morgan fingerprint density at radius 3 is 2.91 bits per heavy atom. The summed E-state index contributed by atoms with van der Waals surface area (Å²) < 4.78 is 12.5. The molecule has 1 aromatic heterocycles. The molecule has 0 saturated carbocycles. The first-order valence-electron chi connectivity index (χ1n) is 3.62. The van der Waals surface area contributed by atoms with Gasteiger partial charge in [0.25, 0.3) is 0 Å². The molecule has 0 saturated heterocycles. The van der Waals surface area contributed by atoms with E-state index in [1.807, 2.05) is 6.92 Å². The molecular weight excluding hydrogens is 143 g/mol. The van der Waals surface area contributed by atoms with Crippen molar-refractivity contribution >= 4 is 0 Å². The predicted octanol–water partition coefficient (Wildman–Crippen LogP) is 1.63. The van der Waals surface area contributed by atoms with Crippen LogP contribution in [0.25, 0.3) is 0 Å². The molecular formula is C8H11FN2. The van der Waals surface area contributed by atoms with Crippen LogP contribution in [-0.4, -0.2) is 4.98 Å². The Labute approximate surface area is 65.3 Å². The molecule has 0 fully saturated rings. The van der Waals surface area contributed by atoms with Gasteiger partial charge in [0.05, 0.1) is 5.69 Å². The van der Waals surface area contributed by atoms with Gasteiger partial charge in [-0.05, 0) is 18.6 Å². The maximum Gasteiger partial charge on any atom is 0.213 e. The van der Waals surface area contributed by atoms with Crippen molar-refractivity contribution in [2.75, 3.05) is 0 Å². The van der Waals surface area contributed by atoms with Crippen molar-refractivity contribution in [1.29, 1.82) is 0 Å². The van der Waals surface area contributed by atoms with E-state index in [0.29, 0.717) is 5.69 Å². The Hall–Kier alpha value is -0.960. The van der Waals surface area contributed by atoms with Crippen molar-refractivity contribution in [3.05, 3.63) is 29.8 Å². The predicted molar refractivity (Wildman–Crippen MR) is 41.4 cm³/mol. The van der Waals surface area contributed by atoms with Gasteiger partial charge in [0, 0.05) is 6.04 Å². The van der Waals surface area contributed by atoms with Crippen LogP contribution in [0.3, 0.4) is 0 Å². The molecule has 0 spiro atoms. The first-order chi connectivity index (χ1) is 5.24. The fourth-order valence-electron chi connectivity index (χ4n) is 0.840. The summed E-state index contributed by atoms with van der Waals surface area (Å²) in [5.74, 6) is -0.466. The van der Waals surface area contributed by atoms with Gasteiger partial charge in [-0.2, -0.15) is 4.39 Å². The molecule has 60 valence electrons. The highest BCUT2D eigenvalue weighted by Crippen LogP contribution is 2.09. The summed E-state index contributed by atoms with van der Waals surface area (Å²) in [6.07, 6.45) is 0.774. The zero-order chi connectivity index (χ0) is 8.27. The summed E-state index contributed by atoms with van der Waals surface area (Å²) in [5.41, 5.74) is 6.25. The van der Waals surface area contributed by atoms with E-state index in [1.54, 1.807) is 12.1 Å². The smallest absolute Gasteiger partial charge is 0.213 e. The third-order valence-electron chi connectivity index (χ3n) is 1.56. The third kappa shape index (κ3) is 1.98. The van der Waals surface area contributed by atoms with E-state index in [0.717, 1.165) is 6.42 Å². The van der Waals surface area contributed by atoms with Crippen LogP contribution in [0.4, 0.5) is 4.39 Å². The van der Waals surface area contributed by atoms with Crippen LogP contribution in [0.1, 0.15) is 25.1 Å². The van der Waals surface area contributed by atoms with E-state index in [2.05, 4.69) is 4.98 Å². The summed E-state index contributed by atoms with van der Waals surface area (Å²) in [7, 11) is 0. The summed E-state index contributed by atoms with van der Waals surface area (Å²) >= 11 is 0. The lowest BCUT2D eigenvalue weighted by molar-refractivity contribution is 0.561. The average molecular weight is 154 g/mol. The van der Waals surface area contributed by atoms with Gasteiger partial charge in [0.2, 0.25) is 5.95 Å². The number of nitrogens with zero attached hydrogens (tertiary/aromatic N) is 1. The Bertz CT molecular complexity index is 237. The van der Waals surface area contributed by atoms with Crippen LogP contribution in [-0.2, 0) is 0 Å². The first-order valence-corrected chi connectivity index (χ1v) is 3.62. The number of hydrogen-bond donors (Lipinski definition) is 1. The minimum atomic E-state index is -0.466. The molecule has 0 aliphatic rings. The summed E-state index contributed by atoms with van der Waals surface area (Å²) in [4.78, 5) is 3.65. The second kappa shape index (κ2) is 3.44. The second-order valence-corrected chi connectivity index (χ2v) is 2.40. The van der Waals surface area contributed by atoms with E-state index in [4.69, 9.17) is 5.73 Å². The van der Waals surface area contributed by atoms with Gasteiger partial charge in [-0.1, -0.05) is 13.0 Å². The normalized spacial score (nSPS) is 13.0. The lowest BCUT2D eigenvalue weighted by atomic mass is 10.1. The Morgan fingerprint density at radius 2 is 2.36 bits per heavy atom. The number of halogens is 1. The highest BCUT2D eigenvalue weighted by atomic mass is 19.1. The largest absolute Gasteiger partial charge is 0.323 e. The van der Waals surface area contributed by atoms with E-state index >= 15 is 0 Å². The fourth-order valence-corrected chi connectivity index (χ4v) is 0.840. The number of aromatic nitrogens is 1. The first kappa shape index (κ1) is 8.14. The molecule has 3 heteroatoms. The van der Waals surface area contributed by atoms with Gasteiger partial charge in [-0.3, -0.25) is 0 Å². The molecule has 0 bridgehead atoms. The molecule has 1 aromatic rings. The molecule has 0 aromatic carbocycles. The zero-order valence-corrected chi connectivity index (χ0v) is 6.42. The van der Waals surface area contributed by atoms with E-state index < -0.39 is 5.95 Å². The molecule has 2 N–H and O–H groups in total. The SMILES string of the molecule is CCC(N)c1cccc(F)n1. The van der Waals surface area contributed by atoms with Crippen molar-refractivity contribution < 1.29 is 4.39 Å². The highest BCUT2D eigenvalue weighted by Gasteiger charge is 2.04. The molecule has 1 rings (SSSR count). The van der Waals surface area contributed by atoms with E-state index in [-0.39, 0.29) is 6.04 Å². The van der Waals surface area contributed by atoms with Gasteiger partial charge >= 0.3 is 0 Å². The third-order valence-corrected chi connectivity index (χ3v) is 1.56. The maximum atomic E-state index is 12.5. The van der Waals surface area contributed by atoms with Crippen LogP contribution < -0.4 is 5.73 Å². The average Bonchev–Trinajstić information content (AvgIpc) is 2.03. The van der Waals surface area contributed by atoms with Crippen molar-refractivity contribution in [3.63, 3.8) is 0 Å². The van der Waals surface area contributed by atoms with Crippen LogP contribution in [0, 0.1) is 5.95 Å². The standard InChI is InChI=1S/C8H11FN2/c1-2-6(10)7-4-3-5-8(9)11-7/h3-6H,2,10H2,1H3. The molecule has 2 nitrogen and oxygen atoms in total. The number of nitrogens with two attached hydrogens (primary N) is 1. The molecule has 0 radical (unpaired) electrons. The Morgan fingerprint density at radius 1 is 1.64 bits per heavy atom. The molecule has 0 aliphatic carbocycles. The number of rotatable bonds is 2. The minimum Gasteiger partial charge on any atom is -0.323 e. The Kier molecular flexibility index (Phi) is 2.54. The van der Waals surface area contributed by atoms with Crippen LogP contribution in [0.5, 0.6) is 0 Å². The molecule has 11 heavy (non-hydrogen) atoms. The molecule has 0 amide bonds. The lowest BCUT2D eigenvalue weighted by Crippen LogP contribution is -2.10. The topological polar surface area (TPSA) is 38.9 Å². The van der Waals surface area contributed by atoms with Crippen molar-refractivity contribution in [2.24, 2.45) is 5.73 Å².